The van der Waals surface area contributed by atoms with Gasteiger partial charge >= 0.3 is 0 Å². The molecule has 0 radical (unpaired) electrons. The normalized spacial score (nSPS) is 14.1. The number of rotatable bonds is 5. The molecule has 1 rings (SSSR count). The molecule has 1 aromatic carbocycles. The average Bonchev–Trinajstić information content (AvgIpc) is 2.34. The highest BCUT2D eigenvalue weighted by Gasteiger charge is 2.22. The summed E-state index contributed by atoms with van der Waals surface area (Å²) in [6, 6.07) is 8.15. The van der Waals surface area contributed by atoms with Crippen LogP contribution in [0.4, 0.5) is 0 Å². The van der Waals surface area contributed by atoms with Gasteiger partial charge in [-0.25, -0.2) is 0 Å². The number of amides is 1. The highest BCUT2D eigenvalue weighted by molar-refractivity contribution is 5.79. The molecule has 0 saturated carbocycles. The Balaban J connectivity index is 2.76. The summed E-state index contributed by atoms with van der Waals surface area (Å²) in [6.45, 7) is 9.21. The highest BCUT2D eigenvalue weighted by Crippen LogP contribution is 2.12. The molecule has 100 valence electrons. The van der Waals surface area contributed by atoms with Crippen LogP contribution in [-0.2, 0) is 11.3 Å². The Morgan fingerprint density at radius 3 is 2.56 bits per heavy atom. The average molecular weight is 248 g/mol. The smallest absolute Gasteiger partial charge is 0.227 e. The molecule has 3 heteroatoms. The van der Waals surface area contributed by atoms with Crippen molar-refractivity contribution in [1.82, 2.24) is 4.90 Å². The third-order valence-corrected chi connectivity index (χ3v) is 3.33. The van der Waals surface area contributed by atoms with Gasteiger partial charge in [-0.2, -0.15) is 0 Å². The summed E-state index contributed by atoms with van der Waals surface area (Å²) in [4.78, 5) is 14.1. The maximum Gasteiger partial charge on any atom is 0.227 e. The van der Waals surface area contributed by atoms with E-state index >= 15 is 0 Å². The van der Waals surface area contributed by atoms with Crippen molar-refractivity contribution in [3.05, 3.63) is 35.4 Å². The molecule has 0 aliphatic carbocycles. The summed E-state index contributed by atoms with van der Waals surface area (Å²) in [6.07, 6.45) is 0. The molecule has 2 N–H and O–H groups in total. The maximum atomic E-state index is 12.3. The van der Waals surface area contributed by atoms with E-state index in [9.17, 15) is 4.79 Å². The number of nitrogens with zero attached hydrogens (tertiary/aromatic N) is 1. The Bertz CT molecular complexity index is 401. The van der Waals surface area contributed by atoms with E-state index in [1.165, 1.54) is 11.1 Å². The second-order valence-corrected chi connectivity index (χ2v) is 4.99. The lowest BCUT2D eigenvalue weighted by atomic mass is 10.0. The maximum absolute atomic E-state index is 12.3. The zero-order valence-electron chi connectivity index (χ0n) is 11.8. The molecule has 0 spiro atoms. The Morgan fingerprint density at radius 1 is 1.39 bits per heavy atom. The standard InChI is InChI=1S/C15H24N2O/c1-5-17(15(18)12(3)13(4)16)10-14-8-6-7-11(2)9-14/h6-9,12-13H,5,10,16H2,1-4H3. The number of carbonyl (C=O) groups excluding carboxylic acids is 1. The first kappa shape index (κ1) is 14.7. The van der Waals surface area contributed by atoms with Gasteiger partial charge in [-0.05, 0) is 26.3 Å². The SMILES string of the molecule is CCN(Cc1cccc(C)c1)C(=O)C(C)C(C)N. The van der Waals surface area contributed by atoms with Crippen LogP contribution in [0.2, 0.25) is 0 Å². The second-order valence-electron chi connectivity index (χ2n) is 4.99. The van der Waals surface area contributed by atoms with Crippen LogP contribution in [0.15, 0.2) is 24.3 Å². The molecular formula is C15H24N2O. The minimum atomic E-state index is -0.130. The van der Waals surface area contributed by atoms with Crippen LogP contribution in [0.3, 0.4) is 0 Å². The summed E-state index contributed by atoms with van der Waals surface area (Å²) in [5.74, 6) is 0.00349. The van der Waals surface area contributed by atoms with Crippen LogP contribution < -0.4 is 5.73 Å². The van der Waals surface area contributed by atoms with Gasteiger partial charge in [0.1, 0.15) is 0 Å². The monoisotopic (exact) mass is 248 g/mol. The molecule has 0 aliphatic heterocycles. The zero-order valence-corrected chi connectivity index (χ0v) is 11.8. The Morgan fingerprint density at radius 2 is 2.06 bits per heavy atom. The summed E-state index contributed by atoms with van der Waals surface area (Å²) in [7, 11) is 0. The molecule has 1 aromatic rings. The molecule has 2 unspecified atom stereocenters. The fraction of sp³-hybridized carbons (Fsp3) is 0.533. The third kappa shape index (κ3) is 3.84. The molecule has 2 atom stereocenters. The molecule has 0 fully saturated rings. The van der Waals surface area contributed by atoms with E-state index in [4.69, 9.17) is 5.73 Å². The number of hydrogen-bond acceptors (Lipinski definition) is 2. The van der Waals surface area contributed by atoms with Crippen LogP contribution in [0.5, 0.6) is 0 Å². The van der Waals surface area contributed by atoms with E-state index < -0.39 is 0 Å². The van der Waals surface area contributed by atoms with Gasteiger partial charge in [0.2, 0.25) is 5.91 Å². The number of benzene rings is 1. The fourth-order valence-electron chi connectivity index (χ4n) is 1.89. The molecule has 3 nitrogen and oxygen atoms in total. The van der Waals surface area contributed by atoms with Crippen LogP contribution in [-0.4, -0.2) is 23.4 Å². The van der Waals surface area contributed by atoms with Crippen molar-refractivity contribution in [3.63, 3.8) is 0 Å². The van der Waals surface area contributed by atoms with Gasteiger partial charge in [0.15, 0.2) is 0 Å². The molecule has 18 heavy (non-hydrogen) atoms. The lowest BCUT2D eigenvalue weighted by Gasteiger charge is -2.26. The van der Waals surface area contributed by atoms with Gasteiger partial charge in [-0.15, -0.1) is 0 Å². The summed E-state index contributed by atoms with van der Waals surface area (Å²) >= 11 is 0. The van der Waals surface area contributed by atoms with Crippen molar-refractivity contribution in [1.29, 1.82) is 0 Å². The Hall–Kier alpha value is -1.35. The summed E-state index contributed by atoms with van der Waals surface area (Å²) < 4.78 is 0. The van der Waals surface area contributed by atoms with Crippen molar-refractivity contribution in [2.24, 2.45) is 11.7 Å². The lowest BCUT2D eigenvalue weighted by molar-refractivity contribution is -0.135. The first-order valence-electron chi connectivity index (χ1n) is 6.55. The largest absolute Gasteiger partial charge is 0.338 e. The van der Waals surface area contributed by atoms with E-state index in [2.05, 4.69) is 25.1 Å². The van der Waals surface area contributed by atoms with Gasteiger partial charge in [0.25, 0.3) is 0 Å². The van der Waals surface area contributed by atoms with Gasteiger partial charge in [-0.1, -0.05) is 36.8 Å². The van der Waals surface area contributed by atoms with E-state index in [0.717, 1.165) is 0 Å². The number of hydrogen-bond donors (Lipinski definition) is 1. The minimum Gasteiger partial charge on any atom is -0.338 e. The molecule has 0 heterocycles. The molecular weight excluding hydrogens is 224 g/mol. The molecule has 1 amide bonds. The van der Waals surface area contributed by atoms with Crippen LogP contribution >= 0.6 is 0 Å². The van der Waals surface area contributed by atoms with Crippen molar-refractivity contribution in [2.45, 2.75) is 40.3 Å². The first-order valence-corrected chi connectivity index (χ1v) is 6.55. The van der Waals surface area contributed by atoms with Gasteiger partial charge in [0.05, 0.1) is 5.92 Å². The topological polar surface area (TPSA) is 46.3 Å². The van der Waals surface area contributed by atoms with E-state index in [0.29, 0.717) is 13.1 Å². The number of aryl methyl sites for hydroxylation is 1. The Kier molecular flexibility index (Phi) is 5.35. The van der Waals surface area contributed by atoms with Crippen molar-refractivity contribution in [3.8, 4) is 0 Å². The first-order chi connectivity index (χ1) is 8.45. The molecule has 0 aromatic heterocycles. The van der Waals surface area contributed by atoms with Crippen LogP contribution in [0.1, 0.15) is 31.9 Å². The molecule has 0 aliphatic rings. The number of carbonyl (C=O) groups is 1. The molecule has 0 saturated heterocycles. The van der Waals surface area contributed by atoms with E-state index in [1.54, 1.807) is 0 Å². The van der Waals surface area contributed by atoms with Crippen molar-refractivity contribution in [2.75, 3.05) is 6.54 Å². The predicted molar refractivity (Wildman–Crippen MR) is 75.1 cm³/mol. The predicted octanol–water partition coefficient (Wildman–Crippen LogP) is 2.33. The molecule has 0 bridgehead atoms. The number of nitrogens with two attached hydrogens (primary N) is 1. The second kappa shape index (κ2) is 6.55. The van der Waals surface area contributed by atoms with Gasteiger partial charge < -0.3 is 10.6 Å². The minimum absolute atomic E-state index is 0.107. The Labute approximate surface area is 110 Å². The summed E-state index contributed by atoms with van der Waals surface area (Å²) in [5, 5.41) is 0. The van der Waals surface area contributed by atoms with Gasteiger partial charge in [-0.3, -0.25) is 4.79 Å². The highest BCUT2D eigenvalue weighted by atomic mass is 16.2. The zero-order chi connectivity index (χ0) is 13.7. The fourth-order valence-corrected chi connectivity index (χ4v) is 1.89. The van der Waals surface area contributed by atoms with Crippen LogP contribution in [0.25, 0.3) is 0 Å². The van der Waals surface area contributed by atoms with Gasteiger partial charge in [0, 0.05) is 19.1 Å². The quantitative estimate of drug-likeness (QED) is 0.869. The summed E-state index contributed by atoms with van der Waals surface area (Å²) in [5.41, 5.74) is 8.19. The van der Waals surface area contributed by atoms with E-state index in [-0.39, 0.29) is 17.9 Å². The van der Waals surface area contributed by atoms with Crippen molar-refractivity contribution < 1.29 is 4.79 Å². The lowest BCUT2D eigenvalue weighted by Crippen LogP contribution is -2.41. The van der Waals surface area contributed by atoms with Crippen LogP contribution in [0, 0.1) is 12.8 Å². The van der Waals surface area contributed by atoms with E-state index in [1.807, 2.05) is 31.7 Å². The van der Waals surface area contributed by atoms with Crippen molar-refractivity contribution >= 4 is 5.91 Å². The third-order valence-electron chi connectivity index (χ3n) is 3.33.